The van der Waals surface area contributed by atoms with Crippen LogP contribution in [0.25, 0.3) is 0 Å². The molecule has 2 fully saturated rings. The first kappa shape index (κ1) is 32.1. The van der Waals surface area contributed by atoms with Gasteiger partial charge < -0.3 is 5.32 Å². The highest BCUT2D eigenvalue weighted by molar-refractivity contribution is 7.92. The third kappa shape index (κ3) is 6.71. The van der Waals surface area contributed by atoms with Crippen LogP contribution in [-0.4, -0.2) is 67.4 Å². The lowest BCUT2D eigenvalue weighted by Crippen LogP contribution is -2.48. The summed E-state index contributed by atoms with van der Waals surface area (Å²) in [5.41, 5.74) is 0.345. The molecule has 1 aliphatic heterocycles. The molecular formula is C27H29F8N3O3S. The summed E-state index contributed by atoms with van der Waals surface area (Å²) in [6.07, 6.45) is -6.36. The molecule has 1 saturated carbocycles. The number of carbonyl (C=O) groups is 1. The summed E-state index contributed by atoms with van der Waals surface area (Å²) in [7, 11) is -4.23. The van der Waals surface area contributed by atoms with Gasteiger partial charge in [0.1, 0.15) is 17.8 Å². The van der Waals surface area contributed by atoms with E-state index in [2.05, 4.69) is 10.3 Å². The van der Waals surface area contributed by atoms with Crippen molar-refractivity contribution in [3.8, 4) is 0 Å². The summed E-state index contributed by atoms with van der Waals surface area (Å²) < 4.78 is 134. The molecule has 4 rings (SSSR count). The van der Waals surface area contributed by atoms with Crippen LogP contribution in [0.3, 0.4) is 0 Å². The molecule has 2 aliphatic rings. The molecule has 0 radical (unpaired) electrons. The number of nitrogens with zero attached hydrogens (tertiary/aromatic N) is 2. The Bertz CT molecular complexity index is 1380. The van der Waals surface area contributed by atoms with Crippen molar-refractivity contribution in [2.75, 3.05) is 19.6 Å². The molecule has 1 aromatic carbocycles. The minimum absolute atomic E-state index is 0.0137. The number of piperidine rings is 1. The highest BCUT2D eigenvalue weighted by Gasteiger charge is 2.58. The fourth-order valence-corrected chi connectivity index (χ4v) is 7.86. The van der Waals surface area contributed by atoms with Crippen molar-refractivity contribution in [3.05, 3.63) is 59.4 Å². The van der Waals surface area contributed by atoms with E-state index >= 15 is 0 Å². The number of hydrogen-bond acceptors (Lipinski definition) is 5. The Balaban J connectivity index is 1.42. The first-order valence-corrected chi connectivity index (χ1v) is 14.8. The number of likely N-dealkylation sites (tertiary alicyclic amines) is 1. The second kappa shape index (κ2) is 12.1. The number of amides is 1. The zero-order valence-electron chi connectivity index (χ0n) is 22.4. The fourth-order valence-electron chi connectivity index (χ4n) is 5.63. The Morgan fingerprint density at radius 1 is 1.07 bits per heavy atom. The molecule has 0 spiro atoms. The van der Waals surface area contributed by atoms with Gasteiger partial charge in [0, 0.05) is 29.6 Å². The van der Waals surface area contributed by atoms with Crippen molar-refractivity contribution in [2.24, 2.45) is 11.8 Å². The van der Waals surface area contributed by atoms with Gasteiger partial charge in [0.25, 0.3) is 0 Å². The van der Waals surface area contributed by atoms with Gasteiger partial charge in [-0.2, -0.15) is 22.0 Å². The van der Waals surface area contributed by atoms with Crippen LogP contribution in [0.1, 0.15) is 43.4 Å². The van der Waals surface area contributed by atoms with Gasteiger partial charge in [-0.05, 0) is 62.7 Å². The van der Waals surface area contributed by atoms with Gasteiger partial charge >= 0.3 is 12.1 Å². The van der Waals surface area contributed by atoms with E-state index in [9.17, 15) is 48.3 Å². The zero-order chi connectivity index (χ0) is 31.0. The fraction of sp³-hybridized carbons (Fsp3) is 0.556. The van der Waals surface area contributed by atoms with Gasteiger partial charge in [-0.15, -0.1) is 0 Å². The minimum atomic E-state index is -5.66. The lowest BCUT2D eigenvalue weighted by atomic mass is 9.92. The van der Waals surface area contributed by atoms with Crippen molar-refractivity contribution < 1.29 is 48.3 Å². The lowest BCUT2D eigenvalue weighted by molar-refractivity contribution is -0.287. The molecule has 15 heteroatoms. The highest BCUT2D eigenvalue weighted by atomic mass is 32.2. The third-order valence-electron chi connectivity index (χ3n) is 8.05. The molecule has 232 valence electrons. The Hall–Kier alpha value is -2.81. The minimum Gasteiger partial charge on any atom is -0.352 e. The van der Waals surface area contributed by atoms with E-state index in [1.54, 1.807) is 0 Å². The van der Waals surface area contributed by atoms with Crippen LogP contribution in [0.4, 0.5) is 35.1 Å². The summed E-state index contributed by atoms with van der Waals surface area (Å²) in [6, 6.07) is 5.32. The molecule has 4 atom stereocenters. The summed E-state index contributed by atoms with van der Waals surface area (Å²) >= 11 is 0. The van der Waals surface area contributed by atoms with Gasteiger partial charge in [-0.3, -0.25) is 14.7 Å². The van der Waals surface area contributed by atoms with Crippen LogP contribution in [0.15, 0.2) is 41.4 Å². The van der Waals surface area contributed by atoms with Crippen LogP contribution < -0.4 is 5.32 Å². The number of carbonyl (C=O) groups excluding carboxylic acids is 1. The molecule has 2 aromatic rings. The summed E-state index contributed by atoms with van der Waals surface area (Å²) in [6.45, 7) is -0.601. The smallest absolute Gasteiger partial charge is 0.352 e. The number of hydrogen-bond donors (Lipinski definition) is 1. The second-order valence-corrected chi connectivity index (χ2v) is 13.0. The number of benzene rings is 1. The predicted molar refractivity (Wildman–Crippen MR) is 135 cm³/mol. The van der Waals surface area contributed by atoms with E-state index in [0.717, 1.165) is 35.4 Å². The molecule has 1 saturated heterocycles. The van der Waals surface area contributed by atoms with E-state index in [1.165, 1.54) is 13.0 Å². The Labute approximate surface area is 237 Å². The van der Waals surface area contributed by atoms with E-state index in [1.807, 2.05) is 0 Å². The van der Waals surface area contributed by atoms with Gasteiger partial charge in [0.2, 0.25) is 5.91 Å². The summed E-state index contributed by atoms with van der Waals surface area (Å²) in [4.78, 5) is 17.9. The predicted octanol–water partition coefficient (Wildman–Crippen LogP) is 5.19. The molecule has 1 aliphatic carbocycles. The average Bonchev–Trinajstić information content (AvgIpc) is 3.22. The average molecular weight is 628 g/mol. The lowest BCUT2D eigenvalue weighted by Gasteiger charge is -2.34. The molecule has 1 aromatic heterocycles. The summed E-state index contributed by atoms with van der Waals surface area (Å²) in [5.74, 6) is -9.82. The van der Waals surface area contributed by atoms with E-state index in [4.69, 9.17) is 0 Å². The van der Waals surface area contributed by atoms with E-state index in [-0.39, 0.29) is 55.3 Å². The number of halogens is 8. The highest BCUT2D eigenvalue weighted by Crippen LogP contribution is 2.41. The van der Waals surface area contributed by atoms with Crippen molar-refractivity contribution in [1.82, 2.24) is 15.2 Å². The van der Waals surface area contributed by atoms with Crippen LogP contribution >= 0.6 is 0 Å². The quantitative estimate of drug-likeness (QED) is 0.322. The first-order valence-electron chi connectivity index (χ1n) is 13.2. The van der Waals surface area contributed by atoms with Crippen LogP contribution in [-0.2, 0) is 21.2 Å². The topological polar surface area (TPSA) is 79.4 Å². The van der Waals surface area contributed by atoms with Gasteiger partial charge in [-0.25, -0.2) is 21.6 Å². The molecule has 2 heterocycles. The Morgan fingerprint density at radius 3 is 2.29 bits per heavy atom. The van der Waals surface area contributed by atoms with Gasteiger partial charge in [0.05, 0.1) is 28.8 Å². The van der Waals surface area contributed by atoms with Crippen molar-refractivity contribution in [3.63, 3.8) is 0 Å². The Morgan fingerprint density at radius 2 is 1.69 bits per heavy atom. The molecule has 1 N–H and O–H groups in total. The maximum atomic E-state index is 14.7. The maximum absolute atomic E-state index is 14.7. The van der Waals surface area contributed by atoms with Crippen LogP contribution in [0.2, 0.25) is 0 Å². The third-order valence-corrected chi connectivity index (χ3v) is 10.5. The van der Waals surface area contributed by atoms with Crippen molar-refractivity contribution >= 4 is 15.7 Å². The van der Waals surface area contributed by atoms with Crippen molar-refractivity contribution in [1.29, 1.82) is 0 Å². The normalized spacial score (nSPS) is 24.6. The van der Waals surface area contributed by atoms with Crippen LogP contribution in [0.5, 0.6) is 0 Å². The summed E-state index contributed by atoms with van der Waals surface area (Å²) in [5, 5.41) is 1.03. The molecule has 1 unspecified atom stereocenters. The molecule has 1 amide bonds. The number of rotatable bonds is 8. The zero-order valence-corrected chi connectivity index (χ0v) is 23.2. The molecule has 42 heavy (non-hydrogen) atoms. The number of sulfone groups is 1. The van der Waals surface area contributed by atoms with Gasteiger partial charge in [0.15, 0.2) is 9.84 Å². The number of aromatic nitrogens is 1. The standard InChI is InChI=1S/C27H29F8N3O3S/c1-15-21(29)11-20(24(15)42(40,41)19-4-2-18(28)3-5-19)25(39)37-12-17-10-23(36-13-22(17)30)16-6-8-38(9-7-16)14-26(31,32)27(33,34)35/h2-5,10,13,15-16,20-21,24H,6-9,11-12,14H2,1H3,(H,37,39)/t15-,20+,21+,24?/m0/s1. The number of pyridine rings is 1. The van der Waals surface area contributed by atoms with Crippen molar-refractivity contribution in [2.45, 2.75) is 67.1 Å². The molecule has 6 nitrogen and oxygen atoms in total. The molecule has 0 bridgehead atoms. The van der Waals surface area contributed by atoms with Gasteiger partial charge in [-0.1, -0.05) is 6.92 Å². The SMILES string of the molecule is C[C@@H]1C(S(=O)(=O)c2ccc(F)cc2)[C@H](C(=O)NCc2cc(C3CCN(CC(F)(F)C(F)(F)F)CC3)ncc2F)C[C@H]1F. The monoisotopic (exact) mass is 627 g/mol. The number of nitrogens with one attached hydrogen (secondary N) is 1. The second-order valence-electron chi connectivity index (χ2n) is 10.9. The number of alkyl halides is 6. The van der Waals surface area contributed by atoms with Crippen LogP contribution in [0, 0.1) is 23.5 Å². The molecular weight excluding hydrogens is 598 g/mol. The Kier molecular flexibility index (Phi) is 9.22. The van der Waals surface area contributed by atoms with E-state index < -0.39 is 69.3 Å². The first-order chi connectivity index (χ1) is 19.5. The maximum Gasteiger partial charge on any atom is 0.454 e. The van der Waals surface area contributed by atoms with E-state index in [0.29, 0.717) is 5.69 Å². The largest absolute Gasteiger partial charge is 0.454 e.